The number of carbonyl (C=O) groups is 1. The summed E-state index contributed by atoms with van der Waals surface area (Å²) in [7, 11) is 0. The smallest absolute Gasteiger partial charge is 0.220 e. The van der Waals surface area contributed by atoms with Gasteiger partial charge < -0.3 is 10.4 Å². The topological polar surface area (TPSA) is 49.3 Å². The Labute approximate surface area is 120 Å². The lowest BCUT2D eigenvalue weighted by Crippen LogP contribution is -2.29. The fraction of sp³-hybridized carbons (Fsp3) is 0.471. The molecule has 1 aliphatic rings. The Morgan fingerprint density at radius 3 is 2.65 bits per heavy atom. The maximum atomic E-state index is 11.9. The third-order valence-electron chi connectivity index (χ3n) is 3.80. The number of amides is 1. The van der Waals surface area contributed by atoms with Crippen molar-refractivity contribution in [3.63, 3.8) is 0 Å². The third kappa shape index (κ3) is 4.11. The number of rotatable bonds is 4. The van der Waals surface area contributed by atoms with Gasteiger partial charge in [-0.1, -0.05) is 30.4 Å². The maximum absolute atomic E-state index is 11.9. The van der Waals surface area contributed by atoms with E-state index in [1.54, 1.807) is 0 Å². The highest BCUT2D eigenvalue weighted by Crippen LogP contribution is 2.29. The SMILES string of the molecule is CC(NC(=O)CC1CCC1)c1ccc(C#CCO)cc1. The molecule has 0 aromatic heterocycles. The predicted molar refractivity (Wildman–Crippen MR) is 78.9 cm³/mol. The Bertz CT molecular complexity index is 506. The van der Waals surface area contributed by atoms with Crippen LogP contribution in [0, 0.1) is 17.8 Å². The van der Waals surface area contributed by atoms with Gasteiger partial charge in [-0.2, -0.15) is 0 Å². The van der Waals surface area contributed by atoms with Crippen molar-refractivity contribution in [1.82, 2.24) is 5.32 Å². The molecular weight excluding hydrogens is 250 g/mol. The van der Waals surface area contributed by atoms with E-state index in [1.807, 2.05) is 31.2 Å². The molecule has 3 nitrogen and oxygen atoms in total. The van der Waals surface area contributed by atoms with Crippen molar-refractivity contribution in [3.05, 3.63) is 35.4 Å². The molecule has 1 fully saturated rings. The van der Waals surface area contributed by atoms with Gasteiger partial charge in [0, 0.05) is 12.0 Å². The Kier molecular flexibility index (Phi) is 5.20. The van der Waals surface area contributed by atoms with Gasteiger partial charge in [0.1, 0.15) is 6.61 Å². The van der Waals surface area contributed by atoms with Crippen LogP contribution in [-0.4, -0.2) is 17.6 Å². The minimum absolute atomic E-state index is 0.0161. The first kappa shape index (κ1) is 14.6. The lowest BCUT2D eigenvalue weighted by Gasteiger charge is -2.25. The van der Waals surface area contributed by atoms with Gasteiger partial charge >= 0.3 is 0 Å². The molecule has 0 spiro atoms. The lowest BCUT2D eigenvalue weighted by molar-refractivity contribution is -0.123. The summed E-state index contributed by atoms with van der Waals surface area (Å²) >= 11 is 0. The van der Waals surface area contributed by atoms with E-state index in [9.17, 15) is 4.79 Å². The second kappa shape index (κ2) is 7.12. The van der Waals surface area contributed by atoms with Gasteiger partial charge in [0.05, 0.1) is 6.04 Å². The van der Waals surface area contributed by atoms with E-state index >= 15 is 0 Å². The second-order valence-corrected chi connectivity index (χ2v) is 5.37. The van der Waals surface area contributed by atoms with Crippen molar-refractivity contribution in [3.8, 4) is 11.8 Å². The fourth-order valence-corrected chi connectivity index (χ4v) is 2.34. The van der Waals surface area contributed by atoms with E-state index in [4.69, 9.17) is 5.11 Å². The van der Waals surface area contributed by atoms with Gasteiger partial charge in [-0.25, -0.2) is 0 Å². The zero-order valence-electron chi connectivity index (χ0n) is 11.9. The summed E-state index contributed by atoms with van der Waals surface area (Å²) in [5, 5.41) is 11.7. The van der Waals surface area contributed by atoms with E-state index in [2.05, 4.69) is 17.2 Å². The molecule has 20 heavy (non-hydrogen) atoms. The van der Waals surface area contributed by atoms with Crippen LogP contribution in [0.3, 0.4) is 0 Å². The van der Waals surface area contributed by atoms with E-state index in [0.717, 1.165) is 11.1 Å². The zero-order chi connectivity index (χ0) is 14.4. The highest BCUT2D eigenvalue weighted by atomic mass is 16.2. The molecule has 0 aliphatic heterocycles. The standard InChI is InChI=1S/C17H21NO2/c1-13(18-17(20)12-15-4-2-5-15)16-9-7-14(8-10-16)6-3-11-19/h7-10,13,15,19H,2,4-5,11-12H2,1H3,(H,18,20). The number of nitrogens with one attached hydrogen (secondary N) is 1. The summed E-state index contributed by atoms with van der Waals surface area (Å²) in [4.78, 5) is 11.9. The number of carbonyl (C=O) groups excluding carboxylic acids is 1. The molecule has 1 aliphatic carbocycles. The van der Waals surface area contributed by atoms with Crippen LogP contribution in [0.1, 0.15) is 49.8 Å². The average molecular weight is 271 g/mol. The Morgan fingerprint density at radius 2 is 2.10 bits per heavy atom. The van der Waals surface area contributed by atoms with Crippen molar-refractivity contribution >= 4 is 5.91 Å². The molecule has 0 heterocycles. The van der Waals surface area contributed by atoms with Crippen LogP contribution in [0.2, 0.25) is 0 Å². The summed E-state index contributed by atoms with van der Waals surface area (Å²) in [6, 6.07) is 7.77. The summed E-state index contributed by atoms with van der Waals surface area (Å²) in [6.45, 7) is 1.86. The first-order valence-corrected chi connectivity index (χ1v) is 7.18. The van der Waals surface area contributed by atoms with Gasteiger partial charge in [0.25, 0.3) is 0 Å². The van der Waals surface area contributed by atoms with Crippen LogP contribution in [-0.2, 0) is 4.79 Å². The first-order valence-electron chi connectivity index (χ1n) is 7.18. The zero-order valence-corrected chi connectivity index (χ0v) is 11.9. The van der Waals surface area contributed by atoms with E-state index in [1.165, 1.54) is 19.3 Å². The van der Waals surface area contributed by atoms with Gasteiger partial charge in [0.15, 0.2) is 0 Å². The monoisotopic (exact) mass is 271 g/mol. The highest BCUT2D eigenvalue weighted by Gasteiger charge is 2.21. The van der Waals surface area contributed by atoms with Crippen LogP contribution >= 0.6 is 0 Å². The fourth-order valence-electron chi connectivity index (χ4n) is 2.34. The largest absolute Gasteiger partial charge is 0.384 e. The molecule has 0 bridgehead atoms. The molecule has 1 aromatic carbocycles. The van der Waals surface area contributed by atoms with Crippen LogP contribution in [0.15, 0.2) is 24.3 Å². The molecule has 2 N–H and O–H groups in total. The number of aliphatic hydroxyl groups excluding tert-OH is 1. The van der Waals surface area contributed by atoms with Crippen molar-refractivity contribution in [2.24, 2.45) is 5.92 Å². The molecule has 1 unspecified atom stereocenters. The van der Waals surface area contributed by atoms with Crippen molar-refractivity contribution in [1.29, 1.82) is 0 Å². The number of benzene rings is 1. The van der Waals surface area contributed by atoms with Crippen molar-refractivity contribution in [2.45, 2.75) is 38.6 Å². The van der Waals surface area contributed by atoms with Crippen LogP contribution in [0.5, 0.6) is 0 Å². The molecule has 106 valence electrons. The van der Waals surface area contributed by atoms with Crippen LogP contribution in [0.25, 0.3) is 0 Å². The second-order valence-electron chi connectivity index (χ2n) is 5.37. The minimum Gasteiger partial charge on any atom is -0.384 e. The van der Waals surface area contributed by atoms with Gasteiger partial charge in [0.2, 0.25) is 5.91 Å². The number of aliphatic hydroxyl groups is 1. The Morgan fingerprint density at radius 1 is 1.40 bits per heavy atom. The molecule has 0 saturated heterocycles. The summed E-state index contributed by atoms with van der Waals surface area (Å²) < 4.78 is 0. The summed E-state index contributed by atoms with van der Waals surface area (Å²) in [5.41, 5.74) is 1.94. The molecule has 2 rings (SSSR count). The van der Waals surface area contributed by atoms with E-state index in [-0.39, 0.29) is 18.6 Å². The molecule has 1 saturated carbocycles. The highest BCUT2D eigenvalue weighted by molar-refractivity contribution is 5.76. The number of hydrogen-bond acceptors (Lipinski definition) is 2. The molecule has 1 atom stereocenters. The quantitative estimate of drug-likeness (QED) is 0.826. The lowest BCUT2D eigenvalue weighted by atomic mass is 9.83. The van der Waals surface area contributed by atoms with Crippen molar-refractivity contribution in [2.75, 3.05) is 6.61 Å². The Balaban J connectivity index is 1.87. The van der Waals surface area contributed by atoms with Gasteiger partial charge in [-0.3, -0.25) is 4.79 Å². The molecule has 1 amide bonds. The van der Waals surface area contributed by atoms with Crippen molar-refractivity contribution < 1.29 is 9.90 Å². The molecule has 1 aromatic rings. The number of hydrogen-bond donors (Lipinski definition) is 2. The molecule has 0 radical (unpaired) electrons. The minimum atomic E-state index is -0.130. The summed E-state index contributed by atoms with van der Waals surface area (Å²) in [5.74, 6) is 6.21. The van der Waals surface area contributed by atoms with E-state index < -0.39 is 0 Å². The first-order chi connectivity index (χ1) is 9.69. The normalized spacial score (nSPS) is 15.7. The van der Waals surface area contributed by atoms with Gasteiger partial charge in [-0.15, -0.1) is 0 Å². The Hall–Kier alpha value is -1.79. The molecular formula is C17H21NO2. The van der Waals surface area contributed by atoms with E-state index in [0.29, 0.717) is 12.3 Å². The third-order valence-corrected chi connectivity index (χ3v) is 3.80. The maximum Gasteiger partial charge on any atom is 0.220 e. The predicted octanol–water partition coefficient (Wildman–Crippen LogP) is 2.40. The van der Waals surface area contributed by atoms with Crippen LogP contribution in [0.4, 0.5) is 0 Å². The average Bonchev–Trinajstić information content (AvgIpc) is 2.41. The van der Waals surface area contributed by atoms with Gasteiger partial charge in [-0.05, 0) is 43.4 Å². The summed E-state index contributed by atoms with van der Waals surface area (Å²) in [6.07, 6.45) is 4.31. The van der Waals surface area contributed by atoms with Crippen LogP contribution < -0.4 is 5.32 Å². The molecule has 3 heteroatoms.